The molecule has 20 heavy (non-hydrogen) atoms. The van der Waals surface area contributed by atoms with Gasteiger partial charge in [-0.2, -0.15) is 30.6 Å². The van der Waals surface area contributed by atoms with Gasteiger partial charge >= 0.3 is 22.6 Å². The second-order valence-electron chi connectivity index (χ2n) is 2.41. The molecule has 3 aromatic rings. The minimum atomic E-state index is 0. The van der Waals surface area contributed by atoms with E-state index in [4.69, 9.17) is 9.30 Å². The number of aromatic nitrogens is 4. The van der Waals surface area contributed by atoms with Gasteiger partial charge in [0.05, 0.1) is 0 Å². The third kappa shape index (κ3) is 21.2. The first kappa shape index (κ1) is 23.1. The summed E-state index contributed by atoms with van der Waals surface area (Å²) in [6.07, 6.45) is 6.56. The van der Waals surface area contributed by atoms with Crippen LogP contribution in [0.1, 0.15) is 0 Å². The summed E-state index contributed by atoms with van der Waals surface area (Å²) >= 11 is 0. The Morgan fingerprint density at radius 3 is 1.25 bits per heavy atom. The van der Waals surface area contributed by atoms with Gasteiger partial charge in [-0.1, -0.05) is 12.1 Å². The normalized spacial score (nSPS) is 6.20. The van der Waals surface area contributed by atoms with Crippen LogP contribution < -0.4 is 10.2 Å². The van der Waals surface area contributed by atoms with E-state index in [9.17, 15) is 0 Å². The molecule has 7 heteroatoms. The van der Waals surface area contributed by atoms with E-state index in [-0.39, 0.29) is 21.1 Å². The zero-order chi connectivity index (χ0) is 14.6. The van der Waals surface area contributed by atoms with E-state index >= 15 is 0 Å². The molecule has 0 unspecified atom stereocenters. The summed E-state index contributed by atoms with van der Waals surface area (Å²) in [7, 11) is 0. The maximum atomic E-state index is 7.50. The smallest absolute Gasteiger partial charge is 0.00194 e. The summed E-state index contributed by atoms with van der Waals surface area (Å²) in [6.45, 7) is 9.00. The zero-order valence-corrected chi connectivity index (χ0v) is 12.4. The molecule has 0 saturated carbocycles. The van der Waals surface area contributed by atoms with Crippen molar-refractivity contribution in [1.29, 1.82) is 0 Å². The number of rotatable bonds is 0. The topological polar surface area (TPSA) is 93.8 Å². The molecule has 2 aromatic heterocycles. The van der Waals surface area contributed by atoms with E-state index in [2.05, 4.69) is 33.7 Å². The Morgan fingerprint density at radius 1 is 0.750 bits per heavy atom. The Kier molecular flexibility index (Phi) is 29.6. The molecule has 0 fully saturated rings. The number of nitrogens with zero attached hydrogens (tertiary/aromatic N) is 4. The van der Waals surface area contributed by atoms with Gasteiger partial charge in [-0.3, -0.25) is 0 Å². The predicted octanol–water partition coefficient (Wildman–Crippen LogP) is 1.41. The largest absolute Gasteiger partial charge is 0.582 e. The molecule has 0 aliphatic rings. The minimum Gasteiger partial charge on any atom is -0.582 e. The van der Waals surface area contributed by atoms with Crippen molar-refractivity contribution in [2.24, 2.45) is 0 Å². The van der Waals surface area contributed by atoms with Crippen LogP contribution in [0.3, 0.4) is 0 Å². The number of hydrogen-bond acceptors (Lipinski definition) is 2. The molecule has 0 spiro atoms. The van der Waals surface area contributed by atoms with Gasteiger partial charge in [0.2, 0.25) is 0 Å². The quantitative estimate of drug-likeness (QED) is 0.348. The van der Waals surface area contributed by atoms with Crippen LogP contribution in [0.15, 0.2) is 67.3 Å². The van der Waals surface area contributed by atoms with Crippen LogP contribution in [0, 0.1) is 13.3 Å². The van der Waals surface area contributed by atoms with Crippen molar-refractivity contribution in [3.63, 3.8) is 0 Å². The Hall–Kier alpha value is -2.06. The molecule has 0 amide bonds. The average molecular weight is 351 g/mol. The summed E-state index contributed by atoms with van der Waals surface area (Å²) in [4.78, 5) is 0. The van der Waals surface area contributed by atoms with Crippen LogP contribution in [0.25, 0.3) is 0 Å². The second kappa shape index (κ2) is 25.7. The molecule has 3 rings (SSSR count). The fraction of sp³-hybridized carbons (Fsp3) is 0. The van der Waals surface area contributed by atoms with Crippen molar-refractivity contribution < 1.29 is 30.4 Å². The van der Waals surface area contributed by atoms with E-state index in [1.165, 1.54) is 0 Å². The zero-order valence-electron chi connectivity index (χ0n) is 10.4. The van der Waals surface area contributed by atoms with Crippen LogP contribution in [0.4, 0.5) is 0 Å². The molecule has 2 heterocycles. The third-order valence-electron chi connectivity index (χ3n) is 1.30. The first-order valence-electron chi connectivity index (χ1n) is 4.84. The van der Waals surface area contributed by atoms with Gasteiger partial charge in [0, 0.05) is 33.5 Å². The molecular weight excluding hydrogens is 340 g/mol. The van der Waals surface area contributed by atoms with Gasteiger partial charge < -0.3 is 20.4 Å². The molecule has 0 aliphatic carbocycles. The summed E-state index contributed by atoms with van der Waals surface area (Å²) in [5.74, 6) is 0. The fourth-order valence-corrected chi connectivity index (χ4v) is 0.706. The van der Waals surface area contributed by atoms with E-state index in [0.717, 1.165) is 0 Å². The molecule has 0 saturated heterocycles. The van der Waals surface area contributed by atoms with Crippen molar-refractivity contribution >= 4 is 0 Å². The summed E-state index contributed by atoms with van der Waals surface area (Å²) in [5.41, 5.74) is 0. The van der Waals surface area contributed by atoms with Gasteiger partial charge in [-0.25, -0.2) is 12.1 Å². The maximum Gasteiger partial charge on any atom is 0.00194 e. The summed E-state index contributed by atoms with van der Waals surface area (Å²) in [6, 6.07) is 13.6. The van der Waals surface area contributed by atoms with Gasteiger partial charge in [0.15, 0.2) is 0 Å². The molecule has 0 N–H and O–H groups in total. The molecule has 0 bridgehead atoms. The Morgan fingerprint density at radius 2 is 1.15 bits per heavy atom. The third-order valence-corrected chi connectivity index (χ3v) is 1.30. The van der Waals surface area contributed by atoms with Crippen LogP contribution in [0.5, 0.6) is 0 Å². The van der Waals surface area contributed by atoms with Crippen molar-refractivity contribution in [3.8, 4) is 0 Å². The van der Waals surface area contributed by atoms with Crippen molar-refractivity contribution in [2.75, 3.05) is 0 Å². The number of hydrogen-bond donors (Lipinski definition) is 0. The monoisotopic (exact) mass is 353 g/mol. The van der Waals surface area contributed by atoms with Crippen LogP contribution in [-0.4, -0.2) is 10.2 Å². The predicted molar refractivity (Wildman–Crippen MR) is 65.0 cm³/mol. The van der Waals surface area contributed by atoms with E-state index in [1.807, 2.05) is 30.3 Å². The summed E-state index contributed by atoms with van der Waals surface area (Å²) in [5, 5.41) is 13.9. The molecule has 104 valence electrons. The average Bonchev–Trinajstić information content (AvgIpc) is 3.31. The van der Waals surface area contributed by atoms with Crippen LogP contribution in [0.2, 0.25) is 0 Å². The fourth-order valence-electron chi connectivity index (χ4n) is 0.706. The molecule has 1 aromatic carbocycles. The molecule has 0 aliphatic heterocycles. The molecular formula is C13H11MoN4O2-3. The maximum absolute atomic E-state index is 7.50. The molecule has 0 radical (unpaired) electrons. The van der Waals surface area contributed by atoms with E-state index in [0.29, 0.717) is 0 Å². The van der Waals surface area contributed by atoms with Gasteiger partial charge in [-0.15, -0.1) is 0 Å². The van der Waals surface area contributed by atoms with Crippen molar-refractivity contribution in [3.05, 3.63) is 80.6 Å². The van der Waals surface area contributed by atoms with Crippen molar-refractivity contribution in [2.45, 2.75) is 0 Å². The Bertz CT molecular complexity index is 327. The first-order valence-corrected chi connectivity index (χ1v) is 4.84. The van der Waals surface area contributed by atoms with Crippen LogP contribution in [-0.2, 0) is 30.4 Å². The SMILES string of the molecule is [C-]#[O+].[C-]#[O+].[Mo].c1cc[cH-]c1.c1cn[n-]c1.c1cn[n-]c1. The molecule has 0 atom stereocenters. The van der Waals surface area contributed by atoms with E-state index in [1.54, 1.807) is 36.9 Å². The second-order valence-corrected chi connectivity index (χ2v) is 2.41. The Labute approximate surface area is 131 Å². The van der Waals surface area contributed by atoms with Crippen LogP contribution >= 0.6 is 0 Å². The van der Waals surface area contributed by atoms with Crippen molar-refractivity contribution in [1.82, 2.24) is 20.4 Å². The summed E-state index contributed by atoms with van der Waals surface area (Å²) < 4.78 is 15.0. The minimum absolute atomic E-state index is 0. The van der Waals surface area contributed by atoms with Gasteiger partial charge in [0.1, 0.15) is 0 Å². The van der Waals surface area contributed by atoms with Gasteiger partial charge in [-0.05, 0) is 0 Å². The standard InChI is InChI=1S/C5H5.2C3H3N2.2CO.Mo/c3*1-2-4-5-3-1;2*1-2;/h1-5H;2*1-3H;;;/q3*-1;;;. The Balaban J connectivity index is -0.000000189. The molecule has 6 nitrogen and oxygen atoms in total. The first-order chi connectivity index (χ1) is 9.50. The van der Waals surface area contributed by atoms with E-state index < -0.39 is 0 Å². The van der Waals surface area contributed by atoms with Gasteiger partial charge in [0.25, 0.3) is 0 Å².